The largest absolute Gasteiger partial charge is 3.00 e. The van der Waals surface area contributed by atoms with Gasteiger partial charge in [-0.15, -0.1) is 0 Å². The van der Waals surface area contributed by atoms with Crippen molar-refractivity contribution in [2.45, 2.75) is 39.3 Å². The Morgan fingerprint density at radius 2 is 0.737 bits per heavy atom. The van der Waals surface area contributed by atoms with Crippen molar-refractivity contribution in [1.29, 1.82) is 0 Å². The zero-order valence-corrected chi connectivity index (χ0v) is 12.8. The van der Waals surface area contributed by atoms with E-state index < -0.39 is 36.4 Å². The van der Waals surface area contributed by atoms with Gasteiger partial charge in [0.05, 0.1) is 17.9 Å². The molecule has 0 amide bonds. The maximum Gasteiger partial charge on any atom is 3.00 e. The van der Waals surface area contributed by atoms with Crippen LogP contribution in [0.5, 0.6) is 0 Å². The zero-order chi connectivity index (χ0) is 15.5. The average molecular weight is 343 g/mol. The van der Waals surface area contributed by atoms with Crippen LogP contribution in [0, 0.1) is 0 Å². The molecule has 0 saturated carbocycles. The van der Waals surface area contributed by atoms with Gasteiger partial charge in [0.25, 0.3) is 0 Å². The van der Waals surface area contributed by atoms with E-state index in [1.165, 1.54) is 0 Å². The standard InChI is InChI=1S/3C3H5FO2.Ga/c3*1-2(4)3(5)6;/h3*2H,1H3,(H,5,6);/q;;;+3/p-3. The van der Waals surface area contributed by atoms with Crippen molar-refractivity contribution in [3.63, 3.8) is 0 Å². The first-order chi connectivity index (χ1) is 7.93. The molecule has 108 valence electrons. The smallest absolute Gasteiger partial charge is 0.547 e. The average Bonchev–Trinajstić information content (AvgIpc) is 2.18. The van der Waals surface area contributed by atoms with Crippen molar-refractivity contribution in [2.75, 3.05) is 0 Å². The Balaban J connectivity index is -0.0000000865. The molecule has 0 aromatic rings. The first-order valence-electron chi connectivity index (χ1n) is 4.48. The van der Waals surface area contributed by atoms with Gasteiger partial charge in [0, 0.05) is 0 Å². The number of alkyl halides is 3. The van der Waals surface area contributed by atoms with Gasteiger partial charge in [0.1, 0.15) is 18.5 Å². The quantitative estimate of drug-likeness (QED) is 0.501. The normalized spacial score (nSPS) is 12.9. The van der Waals surface area contributed by atoms with Crippen molar-refractivity contribution >= 4 is 37.7 Å². The number of carboxylic acids is 3. The Morgan fingerprint density at radius 3 is 0.737 bits per heavy atom. The molecule has 0 saturated heterocycles. The molecule has 0 aliphatic carbocycles. The fourth-order valence-corrected chi connectivity index (χ4v) is 0. The van der Waals surface area contributed by atoms with Crippen molar-refractivity contribution in [2.24, 2.45) is 0 Å². The van der Waals surface area contributed by atoms with Crippen LogP contribution in [0.1, 0.15) is 20.8 Å². The van der Waals surface area contributed by atoms with Crippen LogP contribution in [-0.2, 0) is 14.4 Å². The molecule has 0 radical (unpaired) electrons. The van der Waals surface area contributed by atoms with E-state index in [1.807, 2.05) is 0 Å². The summed E-state index contributed by atoms with van der Waals surface area (Å²) in [7, 11) is 0. The molecule has 6 nitrogen and oxygen atoms in total. The molecule has 0 rings (SSSR count). The van der Waals surface area contributed by atoms with Gasteiger partial charge in [-0.25, -0.2) is 13.2 Å². The van der Waals surface area contributed by atoms with Crippen LogP contribution in [0.15, 0.2) is 0 Å². The van der Waals surface area contributed by atoms with Gasteiger partial charge < -0.3 is 29.7 Å². The van der Waals surface area contributed by atoms with Crippen LogP contribution < -0.4 is 15.3 Å². The zero-order valence-electron chi connectivity index (χ0n) is 10.4. The molecular weight excluding hydrogens is 331 g/mol. The predicted molar refractivity (Wildman–Crippen MR) is 52.5 cm³/mol. The summed E-state index contributed by atoms with van der Waals surface area (Å²) in [6.45, 7) is 2.74. The second-order valence-electron chi connectivity index (χ2n) is 2.81. The summed E-state index contributed by atoms with van der Waals surface area (Å²) in [4.78, 5) is 27.6. The molecule has 10 heteroatoms. The summed E-state index contributed by atoms with van der Waals surface area (Å²) < 4.78 is 33.5. The van der Waals surface area contributed by atoms with Gasteiger partial charge in [0.15, 0.2) is 0 Å². The topological polar surface area (TPSA) is 120 Å². The summed E-state index contributed by atoms with van der Waals surface area (Å²) >= 11 is 0. The Kier molecular flexibility index (Phi) is 20.7. The van der Waals surface area contributed by atoms with Crippen LogP contribution in [-0.4, -0.2) is 56.2 Å². The Bertz CT molecular complexity index is 228. The van der Waals surface area contributed by atoms with Crippen molar-refractivity contribution in [3.05, 3.63) is 0 Å². The molecular formula is C9H12F3GaO6. The second kappa shape index (κ2) is 14.9. The SMILES string of the molecule is CC(F)C(=O)[O-].CC(F)C(=O)[O-].CC(F)C(=O)[O-].[Ga+3]. The summed E-state index contributed by atoms with van der Waals surface area (Å²) in [5, 5.41) is 27.6. The molecule has 0 spiro atoms. The fraction of sp³-hybridized carbons (Fsp3) is 0.667. The van der Waals surface area contributed by atoms with Crippen LogP contribution in [0.4, 0.5) is 13.2 Å². The van der Waals surface area contributed by atoms with E-state index in [0.29, 0.717) is 0 Å². The molecule has 0 aromatic heterocycles. The molecule has 0 heterocycles. The van der Waals surface area contributed by atoms with Crippen molar-refractivity contribution in [1.82, 2.24) is 0 Å². The van der Waals surface area contributed by atoms with Crippen LogP contribution in [0.2, 0.25) is 0 Å². The maximum atomic E-state index is 11.2. The number of rotatable bonds is 3. The monoisotopic (exact) mass is 342 g/mol. The third kappa shape index (κ3) is 31.6. The molecule has 3 atom stereocenters. The first kappa shape index (κ1) is 26.4. The van der Waals surface area contributed by atoms with E-state index in [-0.39, 0.29) is 19.8 Å². The summed E-state index contributed by atoms with van der Waals surface area (Å²) in [6.07, 6.45) is -5.53. The van der Waals surface area contributed by atoms with Crippen molar-refractivity contribution < 1.29 is 42.9 Å². The van der Waals surface area contributed by atoms with E-state index in [9.17, 15) is 42.9 Å². The van der Waals surface area contributed by atoms with E-state index >= 15 is 0 Å². The van der Waals surface area contributed by atoms with E-state index in [2.05, 4.69) is 0 Å². The summed E-state index contributed by atoms with van der Waals surface area (Å²) in [5.41, 5.74) is 0. The second-order valence-corrected chi connectivity index (χ2v) is 2.81. The minimum absolute atomic E-state index is 0. The predicted octanol–water partition coefficient (Wildman–Crippen LogP) is -3.10. The number of carboxylic acid groups (broad SMARTS) is 3. The van der Waals surface area contributed by atoms with Gasteiger partial charge in [-0.1, -0.05) is 0 Å². The molecule has 0 aliphatic rings. The molecule has 0 N–H and O–H groups in total. The summed E-state index contributed by atoms with van der Waals surface area (Å²) in [5.74, 6) is -4.97. The molecule has 19 heavy (non-hydrogen) atoms. The molecule has 0 aliphatic heterocycles. The number of aliphatic carboxylic acids is 3. The van der Waals surface area contributed by atoms with Gasteiger partial charge in [-0.05, 0) is 20.8 Å². The third-order valence-corrected chi connectivity index (χ3v) is 0.974. The first-order valence-corrected chi connectivity index (χ1v) is 4.48. The fourth-order valence-electron chi connectivity index (χ4n) is 0. The van der Waals surface area contributed by atoms with E-state index in [4.69, 9.17) is 0 Å². The number of halogens is 3. The van der Waals surface area contributed by atoms with Gasteiger partial charge in [-0.2, -0.15) is 0 Å². The minimum atomic E-state index is -1.84. The van der Waals surface area contributed by atoms with Crippen LogP contribution in [0.25, 0.3) is 0 Å². The van der Waals surface area contributed by atoms with Crippen LogP contribution >= 0.6 is 0 Å². The van der Waals surface area contributed by atoms with Crippen LogP contribution in [0.3, 0.4) is 0 Å². The minimum Gasteiger partial charge on any atom is -0.547 e. The van der Waals surface area contributed by atoms with Gasteiger partial charge in [-0.3, -0.25) is 0 Å². The number of carbonyl (C=O) groups is 3. The number of hydrogen-bond acceptors (Lipinski definition) is 6. The van der Waals surface area contributed by atoms with E-state index in [0.717, 1.165) is 20.8 Å². The van der Waals surface area contributed by atoms with Gasteiger partial charge in [0.2, 0.25) is 0 Å². The third-order valence-electron chi connectivity index (χ3n) is 0.974. The Hall–Kier alpha value is -1.16. The summed E-state index contributed by atoms with van der Waals surface area (Å²) in [6, 6.07) is 0. The number of hydrogen-bond donors (Lipinski definition) is 0. The Labute approximate surface area is 120 Å². The van der Waals surface area contributed by atoms with E-state index in [1.54, 1.807) is 0 Å². The Morgan fingerprint density at radius 1 is 0.684 bits per heavy atom. The maximum absolute atomic E-state index is 11.2. The van der Waals surface area contributed by atoms with Crippen molar-refractivity contribution in [3.8, 4) is 0 Å². The number of carbonyl (C=O) groups excluding carboxylic acids is 3. The molecule has 0 fully saturated rings. The molecule has 3 unspecified atom stereocenters. The van der Waals surface area contributed by atoms with Gasteiger partial charge >= 0.3 is 19.8 Å². The molecule has 0 aromatic carbocycles. The molecule has 0 bridgehead atoms.